The molecule has 0 bridgehead atoms. The van der Waals surface area contributed by atoms with Gasteiger partial charge in [-0.05, 0) is 43.5 Å². The molecule has 1 atom stereocenters. The Morgan fingerprint density at radius 1 is 1.09 bits per heavy atom. The summed E-state index contributed by atoms with van der Waals surface area (Å²) in [4.78, 5) is 27.2. The van der Waals surface area contributed by atoms with Crippen LogP contribution in [0.15, 0.2) is 42.5 Å². The number of halogens is 2. The van der Waals surface area contributed by atoms with Gasteiger partial charge >= 0.3 is 0 Å². The number of amides is 2. The topological polar surface area (TPSA) is 86.8 Å². The van der Waals surface area contributed by atoms with Crippen molar-refractivity contribution in [3.05, 3.63) is 65.2 Å². The van der Waals surface area contributed by atoms with Gasteiger partial charge in [-0.2, -0.15) is 0 Å². The second kappa shape index (κ2) is 11.2. The van der Waals surface area contributed by atoms with Crippen molar-refractivity contribution >= 4 is 27.5 Å². The Morgan fingerprint density at radius 2 is 1.76 bits per heavy atom. The van der Waals surface area contributed by atoms with Crippen molar-refractivity contribution < 1.29 is 26.8 Å². The highest BCUT2D eigenvalue weighted by atomic mass is 32.2. The fourth-order valence-corrected chi connectivity index (χ4v) is 4.04. The highest BCUT2D eigenvalue weighted by Gasteiger charge is 2.30. The summed E-state index contributed by atoms with van der Waals surface area (Å²) in [6, 6.07) is 9.02. The van der Waals surface area contributed by atoms with Gasteiger partial charge in [-0.1, -0.05) is 31.2 Å². The molecule has 1 N–H and O–H groups in total. The molecule has 0 aromatic heterocycles. The molecular formula is C23H29F2N3O4S. The van der Waals surface area contributed by atoms with Crippen LogP contribution in [0.25, 0.3) is 0 Å². The number of nitrogens with one attached hydrogen (secondary N) is 1. The van der Waals surface area contributed by atoms with Crippen molar-refractivity contribution in [3.63, 3.8) is 0 Å². The first-order valence-electron chi connectivity index (χ1n) is 10.5. The van der Waals surface area contributed by atoms with Gasteiger partial charge in [-0.3, -0.25) is 13.9 Å². The van der Waals surface area contributed by atoms with Gasteiger partial charge in [0.15, 0.2) is 11.6 Å². The Bertz CT molecular complexity index is 1110. The zero-order valence-corrected chi connectivity index (χ0v) is 20.0. The van der Waals surface area contributed by atoms with Crippen LogP contribution in [0, 0.1) is 18.6 Å². The van der Waals surface area contributed by atoms with Crippen molar-refractivity contribution in [1.82, 2.24) is 10.2 Å². The second-order valence-corrected chi connectivity index (χ2v) is 9.69. The van der Waals surface area contributed by atoms with Crippen molar-refractivity contribution in [3.8, 4) is 0 Å². The smallest absolute Gasteiger partial charge is 0.244 e. The summed E-state index contributed by atoms with van der Waals surface area (Å²) in [5.41, 5.74) is 1.50. The van der Waals surface area contributed by atoms with Gasteiger partial charge < -0.3 is 10.2 Å². The lowest BCUT2D eigenvalue weighted by Gasteiger charge is -2.31. The summed E-state index contributed by atoms with van der Waals surface area (Å²) in [7, 11) is -4.02. The quantitative estimate of drug-likeness (QED) is 0.565. The van der Waals surface area contributed by atoms with E-state index < -0.39 is 40.2 Å². The van der Waals surface area contributed by atoms with Crippen LogP contribution in [0.3, 0.4) is 0 Å². The predicted octanol–water partition coefficient (Wildman–Crippen LogP) is 2.98. The van der Waals surface area contributed by atoms with Crippen molar-refractivity contribution in [2.75, 3.05) is 23.7 Å². The number of carbonyl (C=O) groups excluding carboxylic acids is 2. The van der Waals surface area contributed by atoms with E-state index in [0.717, 1.165) is 29.5 Å². The van der Waals surface area contributed by atoms with Gasteiger partial charge in [-0.15, -0.1) is 0 Å². The van der Waals surface area contributed by atoms with Crippen LogP contribution in [0.2, 0.25) is 0 Å². The van der Waals surface area contributed by atoms with Crippen LogP contribution >= 0.6 is 0 Å². The lowest BCUT2D eigenvalue weighted by atomic mass is 10.1. The van der Waals surface area contributed by atoms with Gasteiger partial charge in [0.2, 0.25) is 21.8 Å². The number of carbonyl (C=O) groups is 2. The molecule has 0 saturated heterocycles. The standard InChI is InChI=1S/C23H29F2N3O4S/c1-5-12-26-23(30)17(3)27(14-18-9-7-6-8-16(18)2)22(29)15-28(33(4,31)32)19-10-11-20(24)21(25)13-19/h6-11,13,17H,5,12,14-15H2,1-4H3,(H,26,30). The SMILES string of the molecule is CCCNC(=O)C(C)N(Cc1ccccc1C)C(=O)CN(c1ccc(F)c(F)c1)S(C)(=O)=O. The molecule has 0 aliphatic carbocycles. The molecular weight excluding hydrogens is 452 g/mol. The molecule has 2 aromatic rings. The molecule has 0 heterocycles. The van der Waals surface area contributed by atoms with Gasteiger partial charge in [0, 0.05) is 19.2 Å². The van der Waals surface area contributed by atoms with Crippen LogP contribution in [0.4, 0.5) is 14.5 Å². The summed E-state index contributed by atoms with van der Waals surface area (Å²) in [6.45, 7) is 5.14. The average Bonchev–Trinajstić information content (AvgIpc) is 2.75. The van der Waals surface area contributed by atoms with E-state index in [0.29, 0.717) is 23.3 Å². The lowest BCUT2D eigenvalue weighted by Crippen LogP contribution is -2.51. The van der Waals surface area contributed by atoms with Crippen molar-refractivity contribution in [2.45, 2.75) is 39.8 Å². The van der Waals surface area contributed by atoms with E-state index >= 15 is 0 Å². The molecule has 0 aliphatic rings. The minimum atomic E-state index is -4.02. The Labute approximate surface area is 193 Å². The van der Waals surface area contributed by atoms with E-state index in [4.69, 9.17) is 0 Å². The Balaban J connectivity index is 2.40. The molecule has 0 spiro atoms. The van der Waals surface area contributed by atoms with Gasteiger partial charge in [0.1, 0.15) is 12.6 Å². The Morgan fingerprint density at radius 3 is 2.33 bits per heavy atom. The number of nitrogens with zero attached hydrogens (tertiary/aromatic N) is 2. The summed E-state index contributed by atoms with van der Waals surface area (Å²) in [6.07, 6.45) is 1.58. The van der Waals surface area contributed by atoms with Gasteiger partial charge in [0.05, 0.1) is 11.9 Å². The Hall–Kier alpha value is -3.01. The first-order chi connectivity index (χ1) is 15.5. The molecule has 0 fully saturated rings. The highest BCUT2D eigenvalue weighted by Crippen LogP contribution is 2.22. The summed E-state index contributed by atoms with van der Waals surface area (Å²) in [5.74, 6) is -3.41. The van der Waals surface area contributed by atoms with E-state index in [1.165, 1.54) is 4.90 Å². The maximum Gasteiger partial charge on any atom is 0.244 e. The normalized spacial score (nSPS) is 12.2. The molecule has 33 heavy (non-hydrogen) atoms. The predicted molar refractivity (Wildman–Crippen MR) is 123 cm³/mol. The first-order valence-corrected chi connectivity index (χ1v) is 12.3. The molecule has 7 nitrogen and oxygen atoms in total. The fourth-order valence-electron chi connectivity index (χ4n) is 3.20. The molecule has 1 unspecified atom stereocenters. The molecule has 2 aromatic carbocycles. The third-order valence-electron chi connectivity index (χ3n) is 5.19. The number of benzene rings is 2. The lowest BCUT2D eigenvalue weighted by molar-refractivity contribution is -0.139. The largest absolute Gasteiger partial charge is 0.354 e. The first kappa shape index (κ1) is 26.2. The van der Waals surface area contributed by atoms with Gasteiger partial charge in [-0.25, -0.2) is 17.2 Å². The van der Waals surface area contributed by atoms with Crippen molar-refractivity contribution in [1.29, 1.82) is 0 Å². The van der Waals surface area contributed by atoms with Crippen LogP contribution in [-0.2, 0) is 26.2 Å². The molecule has 0 aliphatic heterocycles. The highest BCUT2D eigenvalue weighted by molar-refractivity contribution is 7.92. The number of rotatable bonds is 10. The number of anilines is 1. The zero-order chi connectivity index (χ0) is 24.8. The minimum Gasteiger partial charge on any atom is -0.354 e. The monoisotopic (exact) mass is 481 g/mol. The Kier molecular flexibility index (Phi) is 8.92. The van der Waals surface area contributed by atoms with Crippen LogP contribution in [0.5, 0.6) is 0 Å². The van der Waals surface area contributed by atoms with E-state index in [2.05, 4.69) is 5.32 Å². The fraction of sp³-hybridized carbons (Fsp3) is 0.391. The third kappa shape index (κ3) is 6.98. The maximum absolute atomic E-state index is 13.8. The molecule has 0 saturated carbocycles. The van der Waals surface area contributed by atoms with E-state index in [1.807, 2.05) is 32.0 Å². The number of sulfonamides is 1. The maximum atomic E-state index is 13.8. The van der Waals surface area contributed by atoms with Gasteiger partial charge in [0.25, 0.3) is 0 Å². The summed E-state index contributed by atoms with van der Waals surface area (Å²) in [5, 5.41) is 2.74. The van der Waals surface area contributed by atoms with E-state index in [1.54, 1.807) is 13.0 Å². The summed E-state index contributed by atoms with van der Waals surface area (Å²) < 4.78 is 52.6. The van der Waals surface area contributed by atoms with E-state index in [-0.39, 0.29) is 18.1 Å². The molecule has 10 heteroatoms. The zero-order valence-electron chi connectivity index (χ0n) is 19.1. The molecule has 2 amide bonds. The van der Waals surface area contributed by atoms with Crippen molar-refractivity contribution in [2.24, 2.45) is 0 Å². The second-order valence-electron chi connectivity index (χ2n) is 7.78. The number of hydrogen-bond donors (Lipinski definition) is 1. The summed E-state index contributed by atoms with van der Waals surface area (Å²) >= 11 is 0. The molecule has 180 valence electrons. The number of hydrogen-bond acceptors (Lipinski definition) is 4. The number of aryl methyl sites for hydroxylation is 1. The third-order valence-corrected chi connectivity index (χ3v) is 6.33. The van der Waals surface area contributed by atoms with Crippen LogP contribution < -0.4 is 9.62 Å². The van der Waals surface area contributed by atoms with E-state index in [9.17, 15) is 26.8 Å². The van der Waals surface area contributed by atoms with Crippen LogP contribution in [0.1, 0.15) is 31.4 Å². The molecule has 2 rings (SSSR count). The average molecular weight is 482 g/mol. The van der Waals surface area contributed by atoms with Crippen LogP contribution in [-0.4, -0.2) is 50.5 Å². The minimum absolute atomic E-state index is 0.0710. The molecule has 0 radical (unpaired) electrons.